The van der Waals surface area contributed by atoms with E-state index in [-0.39, 0.29) is 5.91 Å². The van der Waals surface area contributed by atoms with Crippen molar-refractivity contribution in [3.8, 4) is 0 Å². The van der Waals surface area contributed by atoms with Crippen molar-refractivity contribution in [2.45, 2.75) is 44.6 Å². The standard InChI is InChI=1S/C14H19N3O/c18-14(16-11-5-6-11)8-9-15-13-7-4-10-2-1-3-12(10)17-13/h4,7,11H,1-3,5-6,8-9H2,(H,15,17)(H,16,18). The predicted octanol–water partition coefficient (Wildman–Crippen LogP) is 1.65. The Hall–Kier alpha value is -1.58. The van der Waals surface area contributed by atoms with Gasteiger partial charge in [0.2, 0.25) is 5.91 Å². The van der Waals surface area contributed by atoms with E-state index < -0.39 is 0 Å². The van der Waals surface area contributed by atoms with Crippen molar-refractivity contribution in [3.05, 3.63) is 23.4 Å². The molecule has 1 saturated carbocycles. The van der Waals surface area contributed by atoms with E-state index in [4.69, 9.17) is 0 Å². The van der Waals surface area contributed by atoms with Crippen molar-refractivity contribution in [1.29, 1.82) is 0 Å². The predicted molar refractivity (Wildman–Crippen MR) is 70.5 cm³/mol. The van der Waals surface area contributed by atoms with Gasteiger partial charge in [-0.1, -0.05) is 6.07 Å². The van der Waals surface area contributed by atoms with Crippen LogP contribution in [-0.4, -0.2) is 23.5 Å². The normalized spacial score (nSPS) is 17.3. The van der Waals surface area contributed by atoms with Gasteiger partial charge in [-0.15, -0.1) is 0 Å². The summed E-state index contributed by atoms with van der Waals surface area (Å²) in [6, 6.07) is 4.63. The summed E-state index contributed by atoms with van der Waals surface area (Å²) in [4.78, 5) is 16.1. The molecule has 0 radical (unpaired) electrons. The summed E-state index contributed by atoms with van der Waals surface area (Å²) in [5.41, 5.74) is 2.61. The number of aromatic nitrogens is 1. The fourth-order valence-electron chi connectivity index (χ4n) is 2.35. The van der Waals surface area contributed by atoms with E-state index in [1.54, 1.807) is 0 Å². The lowest BCUT2D eigenvalue weighted by atomic mass is 10.2. The van der Waals surface area contributed by atoms with Gasteiger partial charge in [0.25, 0.3) is 0 Å². The van der Waals surface area contributed by atoms with Crippen LogP contribution < -0.4 is 10.6 Å². The highest BCUT2D eigenvalue weighted by molar-refractivity contribution is 5.77. The largest absolute Gasteiger partial charge is 0.370 e. The van der Waals surface area contributed by atoms with Crippen molar-refractivity contribution >= 4 is 11.7 Å². The summed E-state index contributed by atoms with van der Waals surface area (Å²) >= 11 is 0. The number of fused-ring (bicyclic) bond motifs is 1. The number of aryl methyl sites for hydroxylation is 2. The Morgan fingerprint density at radius 2 is 2.22 bits per heavy atom. The second-order valence-electron chi connectivity index (χ2n) is 5.17. The average Bonchev–Trinajstić information content (AvgIpc) is 3.05. The van der Waals surface area contributed by atoms with Gasteiger partial charge in [-0.05, 0) is 43.7 Å². The molecule has 0 bridgehead atoms. The molecular formula is C14H19N3O. The van der Waals surface area contributed by atoms with E-state index in [0.717, 1.165) is 31.5 Å². The van der Waals surface area contributed by atoms with Gasteiger partial charge < -0.3 is 10.6 Å². The van der Waals surface area contributed by atoms with E-state index in [9.17, 15) is 4.79 Å². The monoisotopic (exact) mass is 245 g/mol. The molecule has 18 heavy (non-hydrogen) atoms. The number of anilines is 1. The summed E-state index contributed by atoms with van der Waals surface area (Å²) in [5.74, 6) is 1.04. The zero-order valence-corrected chi connectivity index (χ0v) is 10.5. The first kappa shape index (κ1) is 11.5. The number of pyridine rings is 1. The number of carbonyl (C=O) groups is 1. The molecule has 0 atom stereocenters. The van der Waals surface area contributed by atoms with E-state index in [1.165, 1.54) is 17.7 Å². The summed E-state index contributed by atoms with van der Waals surface area (Å²) in [6.07, 6.45) is 6.28. The van der Waals surface area contributed by atoms with Crippen molar-refractivity contribution in [2.24, 2.45) is 0 Å². The Morgan fingerprint density at radius 1 is 1.33 bits per heavy atom. The minimum Gasteiger partial charge on any atom is -0.370 e. The van der Waals surface area contributed by atoms with Crippen LogP contribution in [0.4, 0.5) is 5.82 Å². The summed E-state index contributed by atoms with van der Waals surface area (Å²) < 4.78 is 0. The Labute approximate surface area is 107 Å². The molecule has 1 aromatic heterocycles. The van der Waals surface area contributed by atoms with Crippen LogP contribution in [0, 0.1) is 0 Å². The molecule has 2 aliphatic carbocycles. The molecule has 1 aromatic rings. The maximum absolute atomic E-state index is 11.5. The van der Waals surface area contributed by atoms with Crippen LogP contribution in [0.1, 0.15) is 36.9 Å². The fraction of sp³-hybridized carbons (Fsp3) is 0.571. The Morgan fingerprint density at radius 3 is 3.06 bits per heavy atom. The van der Waals surface area contributed by atoms with Crippen molar-refractivity contribution in [1.82, 2.24) is 10.3 Å². The summed E-state index contributed by atoms with van der Waals surface area (Å²) in [6.45, 7) is 0.657. The van der Waals surface area contributed by atoms with Crippen LogP contribution in [0.2, 0.25) is 0 Å². The number of nitrogens with one attached hydrogen (secondary N) is 2. The van der Waals surface area contributed by atoms with Gasteiger partial charge in [0.15, 0.2) is 0 Å². The number of rotatable bonds is 5. The van der Waals surface area contributed by atoms with Gasteiger partial charge in [-0.2, -0.15) is 0 Å². The average molecular weight is 245 g/mol. The second kappa shape index (κ2) is 4.96. The number of hydrogen-bond acceptors (Lipinski definition) is 3. The minimum atomic E-state index is 0.145. The Bertz CT molecular complexity index is 454. The lowest BCUT2D eigenvalue weighted by molar-refractivity contribution is -0.120. The van der Waals surface area contributed by atoms with Gasteiger partial charge in [0.1, 0.15) is 5.82 Å². The van der Waals surface area contributed by atoms with Crippen LogP contribution in [0.5, 0.6) is 0 Å². The summed E-state index contributed by atoms with van der Waals surface area (Å²) in [5, 5.41) is 6.21. The fourth-order valence-corrected chi connectivity index (χ4v) is 2.35. The quantitative estimate of drug-likeness (QED) is 0.829. The van der Waals surface area contributed by atoms with Gasteiger partial charge in [0.05, 0.1) is 0 Å². The zero-order valence-electron chi connectivity index (χ0n) is 10.5. The van der Waals surface area contributed by atoms with Crippen molar-refractivity contribution < 1.29 is 4.79 Å². The first-order valence-corrected chi connectivity index (χ1v) is 6.83. The van der Waals surface area contributed by atoms with Gasteiger partial charge in [0, 0.05) is 24.7 Å². The van der Waals surface area contributed by atoms with Crippen LogP contribution in [0.25, 0.3) is 0 Å². The molecule has 0 saturated heterocycles. The SMILES string of the molecule is O=C(CCNc1ccc2c(n1)CCC2)NC1CC1. The molecule has 96 valence electrons. The number of amides is 1. The first-order chi connectivity index (χ1) is 8.81. The molecule has 2 N–H and O–H groups in total. The van der Waals surface area contributed by atoms with Gasteiger partial charge in [-0.3, -0.25) is 4.79 Å². The van der Waals surface area contributed by atoms with E-state index in [2.05, 4.69) is 21.7 Å². The Balaban J connectivity index is 1.46. The molecule has 0 aliphatic heterocycles. The van der Waals surface area contributed by atoms with E-state index in [0.29, 0.717) is 19.0 Å². The van der Waals surface area contributed by atoms with Gasteiger partial charge in [-0.25, -0.2) is 4.98 Å². The molecule has 2 aliphatic rings. The highest BCUT2D eigenvalue weighted by Crippen LogP contribution is 2.21. The molecule has 4 nitrogen and oxygen atoms in total. The topological polar surface area (TPSA) is 54.0 Å². The van der Waals surface area contributed by atoms with Crippen LogP contribution in [0.15, 0.2) is 12.1 Å². The third-order valence-corrected chi connectivity index (χ3v) is 3.53. The summed E-state index contributed by atoms with van der Waals surface area (Å²) in [7, 11) is 0. The second-order valence-corrected chi connectivity index (χ2v) is 5.17. The van der Waals surface area contributed by atoms with E-state index in [1.807, 2.05) is 6.07 Å². The molecule has 0 unspecified atom stereocenters. The molecule has 4 heteroatoms. The highest BCUT2D eigenvalue weighted by Gasteiger charge is 2.22. The lowest BCUT2D eigenvalue weighted by Gasteiger charge is -2.07. The third-order valence-electron chi connectivity index (χ3n) is 3.53. The molecular weight excluding hydrogens is 226 g/mol. The highest BCUT2D eigenvalue weighted by atomic mass is 16.1. The number of nitrogens with zero attached hydrogens (tertiary/aromatic N) is 1. The molecule has 3 rings (SSSR count). The maximum atomic E-state index is 11.5. The van der Waals surface area contributed by atoms with Crippen LogP contribution in [-0.2, 0) is 17.6 Å². The molecule has 1 fully saturated rings. The molecule has 0 spiro atoms. The van der Waals surface area contributed by atoms with Crippen molar-refractivity contribution in [2.75, 3.05) is 11.9 Å². The van der Waals surface area contributed by atoms with Crippen LogP contribution >= 0.6 is 0 Å². The van der Waals surface area contributed by atoms with Crippen LogP contribution in [0.3, 0.4) is 0 Å². The molecule has 1 heterocycles. The first-order valence-electron chi connectivity index (χ1n) is 6.83. The molecule has 1 amide bonds. The third kappa shape index (κ3) is 2.81. The van der Waals surface area contributed by atoms with E-state index >= 15 is 0 Å². The molecule has 0 aromatic carbocycles. The zero-order chi connectivity index (χ0) is 12.4. The number of hydrogen-bond donors (Lipinski definition) is 2. The number of carbonyl (C=O) groups excluding carboxylic acids is 1. The Kier molecular flexibility index (Phi) is 3.17. The minimum absolute atomic E-state index is 0.145. The lowest BCUT2D eigenvalue weighted by Crippen LogP contribution is -2.27. The van der Waals surface area contributed by atoms with Crippen molar-refractivity contribution in [3.63, 3.8) is 0 Å². The smallest absolute Gasteiger partial charge is 0.221 e. The van der Waals surface area contributed by atoms with Gasteiger partial charge >= 0.3 is 0 Å². The maximum Gasteiger partial charge on any atom is 0.221 e.